The van der Waals surface area contributed by atoms with Gasteiger partial charge in [-0.3, -0.25) is 0 Å². The minimum atomic E-state index is 0. The summed E-state index contributed by atoms with van der Waals surface area (Å²) in [6.45, 7) is 4.77. The Morgan fingerprint density at radius 2 is 1.79 bits per heavy atom. The number of hydrogen-bond acceptors (Lipinski definition) is 4. The summed E-state index contributed by atoms with van der Waals surface area (Å²) in [5.74, 6) is 0. The number of halogens is 1. The Morgan fingerprint density at radius 3 is 2.70 bits per heavy atom. The van der Waals surface area contributed by atoms with Crippen molar-refractivity contribution in [2.45, 2.75) is 32.2 Å². The first-order chi connectivity index (χ1) is 15.9. The fraction of sp³-hybridized carbons (Fsp3) is 0.308. The number of aromatic nitrogens is 4. The number of thiazole rings is 1. The highest BCUT2D eigenvalue weighted by Crippen LogP contribution is 2.36. The van der Waals surface area contributed by atoms with Crippen LogP contribution in [0.2, 0.25) is 0 Å². The lowest BCUT2D eigenvalue weighted by Crippen LogP contribution is -2.31. The molecule has 0 bridgehead atoms. The maximum absolute atomic E-state index is 5.04. The number of aromatic amines is 1. The number of nitrogens with zero attached hydrogens (tertiary/aromatic N) is 4. The number of para-hydroxylation sites is 1. The van der Waals surface area contributed by atoms with Crippen molar-refractivity contribution in [2.75, 3.05) is 19.6 Å². The molecule has 6 rings (SSSR count). The van der Waals surface area contributed by atoms with Crippen molar-refractivity contribution in [3.63, 3.8) is 0 Å². The molecular formula is C26H28BrN5S. The van der Waals surface area contributed by atoms with Crippen molar-refractivity contribution in [3.8, 4) is 21.8 Å². The van der Waals surface area contributed by atoms with E-state index in [4.69, 9.17) is 4.98 Å². The lowest BCUT2D eigenvalue weighted by molar-refractivity contribution is 0.223. The average Bonchev–Trinajstić information content (AvgIpc) is 3.57. The molecule has 0 aliphatic carbocycles. The summed E-state index contributed by atoms with van der Waals surface area (Å²) in [6.07, 6.45) is 11.4. The van der Waals surface area contributed by atoms with Crippen LogP contribution in [-0.4, -0.2) is 44.1 Å². The van der Waals surface area contributed by atoms with E-state index in [0.717, 1.165) is 33.8 Å². The van der Waals surface area contributed by atoms with E-state index >= 15 is 0 Å². The van der Waals surface area contributed by atoms with Crippen LogP contribution in [0, 0.1) is 0 Å². The second-order valence-electron chi connectivity index (χ2n) is 8.65. The largest absolute Gasteiger partial charge is 0.347 e. The fourth-order valence-electron chi connectivity index (χ4n) is 4.94. The normalized spacial score (nSPS) is 14.7. The van der Waals surface area contributed by atoms with E-state index in [-0.39, 0.29) is 17.0 Å². The van der Waals surface area contributed by atoms with E-state index in [1.807, 2.05) is 18.5 Å². The van der Waals surface area contributed by atoms with Gasteiger partial charge in [0, 0.05) is 57.9 Å². The summed E-state index contributed by atoms with van der Waals surface area (Å²) in [4.78, 5) is 15.3. The summed E-state index contributed by atoms with van der Waals surface area (Å²) < 4.78 is 2.42. The number of aryl methyl sites for hydroxylation is 1. The third-order valence-corrected chi connectivity index (χ3v) is 7.45. The number of nitrogens with one attached hydrogen (secondary N) is 1. The molecule has 5 nitrogen and oxygen atoms in total. The Morgan fingerprint density at radius 1 is 0.939 bits per heavy atom. The molecule has 0 saturated carbocycles. The third-order valence-electron chi connectivity index (χ3n) is 6.57. The minimum absolute atomic E-state index is 0. The van der Waals surface area contributed by atoms with Crippen LogP contribution in [0.1, 0.15) is 25.7 Å². The van der Waals surface area contributed by atoms with Gasteiger partial charge in [-0.05, 0) is 57.1 Å². The van der Waals surface area contributed by atoms with Crippen LogP contribution in [0.4, 0.5) is 0 Å². The molecule has 1 aliphatic rings. The second kappa shape index (κ2) is 9.79. The highest BCUT2D eigenvalue weighted by Gasteiger charge is 2.16. The van der Waals surface area contributed by atoms with Gasteiger partial charge < -0.3 is 14.5 Å². The molecule has 5 aromatic rings. The van der Waals surface area contributed by atoms with Gasteiger partial charge >= 0.3 is 0 Å². The van der Waals surface area contributed by atoms with Crippen LogP contribution < -0.4 is 0 Å². The fourth-order valence-corrected chi connectivity index (χ4v) is 5.78. The molecule has 0 unspecified atom stereocenters. The molecule has 1 N–H and O–H groups in total. The Bertz CT molecular complexity index is 1360. The molecule has 170 valence electrons. The molecule has 5 heterocycles. The molecule has 33 heavy (non-hydrogen) atoms. The van der Waals surface area contributed by atoms with Crippen molar-refractivity contribution in [3.05, 3.63) is 60.4 Å². The van der Waals surface area contributed by atoms with E-state index in [9.17, 15) is 0 Å². The molecule has 7 heteroatoms. The molecule has 1 saturated heterocycles. The zero-order valence-electron chi connectivity index (χ0n) is 18.5. The maximum atomic E-state index is 5.04. The van der Waals surface area contributed by atoms with E-state index in [2.05, 4.69) is 61.3 Å². The number of hydrogen-bond donors (Lipinski definition) is 1. The maximum Gasteiger partial charge on any atom is 0.137 e. The zero-order chi connectivity index (χ0) is 21.3. The second-order valence-corrected chi connectivity index (χ2v) is 9.51. The quantitative estimate of drug-likeness (QED) is 0.268. The van der Waals surface area contributed by atoms with E-state index < -0.39 is 0 Å². The lowest BCUT2D eigenvalue weighted by Gasteiger charge is -2.26. The Kier molecular flexibility index (Phi) is 6.62. The Hall–Kier alpha value is -2.48. The number of piperidine rings is 1. The van der Waals surface area contributed by atoms with E-state index in [1.54, 1.807) is 11.3 Å². The van der Waals surface area contributed by atoms with Crippen LogP contribution in [0.15, 0.2) is 60.4 Å². The van der Waals surface area contributed by atoms with Crippen LogP contribution in [-0.2, 0) is 6.54 Å². The monoisotopic (exact) mass is 521 g/mol. The molecule has 0 radical (unpaired) electrons. The van der Waals surface area contributed by atoms with Crippen molar-refractivity contribution >= 4 is 50.3 Å². The molecule has 1 aliphatic heterocycles. The van der Waals surface area contributed by atoms with Gasteiger partial charge in [-0.15, -0.1) is 28.3 Å². The summed E-state index contributed by atoms with van der Waals surface area (Å²) in [5.41, 5.74) is 5.55. The lowest BCUT2D eigenvalue weighted by atomic mass is 10.1. The number of rotatable bonds is 6. The van der Waals surface area contributed by atoms with Gasteiger partial charge in [0.2, 0.25) is 0 Å². The minimum Gasteiger partial charge on any atom is -0.347 e. The first-order valence-corrected chi connectivity index (χ1v) is 12.4. The summed E-state index contributed by atoms with van der Waals surface area (Å²) >= 11 is 1.72. The number of H-pyrrole nitrogens is 1. The zero-order valence-corrected chi connectivity index (χ0v) is 21.1. The SMILES string of the molecule is Br.c1cnc2[nH]cc(-c3csc(-c4cn(CCCN5CCCCC5)c5ccccc45)n3)c2c1. The first-order valence-electron chi connectivity index (χ1n) is 11.6. The van der Waals surface area contributed by atoms with Crippen LogP contribution in [0.25, 0.3) is 43.8 Å². The molecule has 0 atom stereocenters. The van der Waals surface area contributed by atoms with Crippen molar-refractivity contribution < 1.29 is 0 Å². The van der Waals surface area contributed by atoms with Crippen molar-refractivity contribution in [1.29, 1.82) is 0 Å². The van der Waals surface area contributed by atoms with Gasteiger partial charge in [-0.25, -0.2) is 9.97 Å². The predicted octanol–water partition coefficient (Wildman–Crippen LogP) is 6.76. The predicted molar refractivity (Wildman–Crippen MR) is 143 cm³/mol. The van der Waals surface area contributed by atoms with Gasteiger partial charge in [0.1, 0.15) is 10.7 Å². The topological polar surface area (TPSA) is 49.7 Å². The Balaban J connectivity index is 0.00000228. The van der Waals surface area contributed by atoms with Gasteiger partial charge in [-0.2, -0.15) is 0 Å². The molecule has 0 amide bonds. The van der Waals surface area contributed by atoms with Gasteiger partial charge in [-0.1, -0.05) is 24.6 Å². The standard InChI is InChI=1S/C26H27N5S.BrH/c1-4-12-30(13-5-1)14-7-15-31-17-22(19-8-2-3-10-24(19)31)26-29-23(18-32-26)21-16-28-25-20(21)9-6-11-27-25;/h2-3,6,8-11,16-18H,1,4-5,7,12-15H2,(H,27,28);1H. The van der Waals surface area contributed by atoms with E-state index in [0.29, 0.717) is 0 Å². The molecular weight excluding hydrogens is 494 g/mol. The van der Waals surface area contributed by atoms with Crippen molar-refractivity contribution in [1.82, 2.24) is 24.4 Å². The van der Waals surface area contributed by atoms with Crippen LogP contribution in [0.5, 0.6) is 0 Å². The van der Waals surface area contributed by atoms with Gasteiger partial charge in [0.25, 0.3) is 0 Å². The summed E-state index contributed by atoms with van der Waals surface area (Å²) in [7, 11) is 0. The molecule has 1 fully saturated rings. The van der Waals surface area contributed by atoms with Crippen LogP contribution >= 0.6 is 28.3 Å². The number of benzene rings is 1. The van der Waals surface area contributed by atoms with E-state index in [1.165, 1.54) is 61.8 Å². The number of fused-ring (bicyclic) bond motifs is 2. The third kappa shape index (κ3) is 4.37. The summed E-state index contributed by atoms with van der Waals surface area (Å²) in [6, 6.07) is 12.8. The first kappa shape index (κ1) is 22.3. The molecule has 1 aromatic carbocycles. The van der Waals surface area contributed by atoms with Crippen LogP contribution in [0.3, 0.4) is 0 Å². The molecule has 4 aromatic heterocycles. The highest BCUT2D eigenvalue weighted by molar-refractivity contribution is 8.93. The number of likely N-dealkylation sites (tertiary alicyclic amines) is 1. The van der Waals surface area contributed by atoms with Crippen molar-refractivity contribution in [2.24, 2.45) is 0 Å². The highest BCUT2D eigenvalue weighted by atomic mass is 79.9. The molecule has 0 spiro atoms. The van der Waals surface area contributed by atoms with Gasteiger partial charge in [0.15, 0.2) is 0 Å². The Labute approximate surface area is 208 Å². The average molecular weight is 523 g/mol. The number of pyridine rings is 1. The summed E-state index contributed by atoms with van der Waals surface area (Å²) in [5, 5.41) is 5.63. The van der Waals surface area contributed by atoms with Gasteiger partial charge in [0.05, 0.1) is 5.69 Å². The smallest absolute Gasteiger partial charge is 0.137 e.